The summed E-state index contributed by atoms with van der Waals surface area (Å²) < 4.78 is 0. The minimum absolute atomic E-state index is 0.0115. The van der Waals surface area contributed by atoms with Crippen molar-refractivity contribution in [2.45, 2.75) is 26.3 Å². The van der Waals surface area contributed by atoms with Gasteiger partial charge in [-0.05, 0) is 44.5 Å². The molecule has 0 aromatic heterocycles. The summed E-state index contributed by atoms with van der Waals surface area (Å²) >= 11 is 0. The van der Waals surface area contributed by atoms with Gasteiger partial charge in [-0.2, -0.15) is 0 Å². The minimum Gasteiger partial charge on any atom is -0.396 e. The van der Waals surface area contributed by atoms with Gasteiger partial charge in [0.1, 0.15) is 0 Å². The molecule has 98 valence electrons. The molecule has 0 bridgehead atoms. The van der Waals surface area contributed by atoms with Crippen molar-refractivity contribution in [1.29, 1.82) is 0 Å². The molecular formula is C13H18N2O3. The van der Waals surface area contributed by atoms with Gasteiger partial charge in [0.25, 0.3) is 0 Å². The maximum atomic E-state index is 11.5. The number of Topliss-reactive ketones (excluding diaryl/α,β-unsaturated/α-hetero) is 1. The van der Waals surface area contributed by atoms with Gasteiger partial charge >= 0.3 is 6.03 Å². The Morgan fingerprint density at radius 3 is 2.39 bits per heavy atom. The van der Waals surface area contributed by atoms with Crippen molar-refractivity contribution in [2.75, 3.05) is 11.9 Å². The molecule has 18 heavy (non-hydrogen) atoms. The number of carbonyl (C=O) groups is 2. The summed E-state index contributed by atoms with van der Waals surface area (Å²) in [7, 11) is 0. The fourth-order valence-corrected chi connectivity index (χ4v) is 1.45. The number of nitrogens with one attached hydrogen (secondary N) is 2. The molecule has 1 aromatic carbocycles. The van der Waals surface area contributed by atoms with E-state index in [4.69, 9.17) is 5.11 Å². The van der Waals surface area contributed by atoms with Crippen LogP contribution in [-0.4, -0.2) is 29.6 Å². The van der Waals surface area contributed by atoms with Gasteiger partial charge in [0.05, 0.1) is 0 Å². The molecule has 0 radical (unpaired) electrons. The smallest absolute Gasteiger partial charge is 0.319 e. The molecule has 0 fully saturated rings. The predicted molar refractivity (Wildman–Crippen MR) is 69.8 cm³/mol. The van der Waals surface area contributed by atoms with Crippen LogP contribution in [0.5, 0.6) is 0 Å². The maximum Gasteiger partial charge on any atom is 0.319 e. The van der Waals surface area contributed by atoms with Crippen molar-refractivity contribution >= 4 is 17.5 Å². The molecule has 5 nitrogen and oxygen atoms in total. The van der Waals surface area contributed by atoms with Crippen molar-refractivity contribution in [3.63, 3.8) is 0 Å². The van der Waals surface area contributed by atoms with Gasteiger partial charge in [-0.3, -0.25) is 4.79 Å². The number of carbonyl (C=O) groups excluding carboxylic acids is 2. The van der Waals surface area contributed by atoms with E-state index >= 15 is 0 Å². The summed E-state index contributed by atoms with van der Waals surface area (Å²) in [5.74, 6) is -0.0115. The molecule has 0 heterocycles. The first-order valence-corrected chi connectivity index (χ1v) is 5.82. The standard InChI is InChI=1S/C13H18N2O3/c1-9(7-8-16)14-13(18)15-12-5-3-11(4-6-12)10(2)17/h3-6,9,16H,7-8H2,1-2H3,(H2,14,15,18). The van der Waals surface area contributed by atoms with Gasteiger partial charge in [-0.25, -0.2) is 4.79 Å². The zero-order valence-electron chi connectivity index (χ0n) is 10.6. The van der Waals surface area contributed by atoms with Crippen molar-refractivity contribution in [3.8, 4) is 0 Å². The summed E-state index contributed by atoms with van der Waals surface area (Å²) in [5.41, 5.74) is 1.23. The lowest BCUT2D eigenvalue weighted by Gasteiger charge is -2.13. The SMILES string of the molecule is CC(=O)c1ccc(NC(=O)NC(C)CCO)cc1. The Labute approximate surface area is 106 Å². The topological polar surface area (TPSA) is 78.4 Å². The molecule has 1 rings (SSSR count). The Morgan fingerprint density at radius 2 is 1.89 bits per heavy atom. The van der Waals surface area contributed by atoms with Crippen LogP contribution in [0.25, 0.3) is 0 Å². The number of aliphatic hydroxyl groups excluding tert-OH is 1. The number of urea groups is 1. The van der Waals surface area contributed by atoms with Crippen molar-refractivity contribution in [3.05, 3.63) is 29.8 Å². The summed E-state index contributed by atoms with van der Waals surface area (Å²) in [6.07, 6.45) is 0.511. The van der Waals surface area contributed by atoms with Crippen LogP contribution in [0.3, 0.4) is 0 Å². The largest absolute Gasteiger partial charge is 0.396 e. The van der Waals surface area contributed by atoms with E-state index < -0.39 is 0 Å². The van der Waals surface area contributed by atoms with Crippen molar-refractivity contribution < 1.29 is 14.7 Å². The third kappa shape index (κ3) is 4.55. The van der Waals surface area contributed by atoms with Gasteiger partial charge in [0.15, 0.2) is 5.78 Å². The molecule has 1 unspecified atom stereocenters. The molecular weight excluding hydrogens is 232 g/mol. The number of hydrogen-bond donors (Lipinski definition) is 3. The highest BCUT2D eigenvalue weighted by atomic mass is 16.3. The number of anilines is 1. The van der Waals surface area contributed by atoms with Crippen LogP contribution in [0.1, 0.15) is 30.6 Å². The van der Waals surface area contributed by atoms with Gasteiger partial charge in [0.2, 0.25) is 0 Å². The van der Waals surface area contributed by atoms with Gasteiger partial charge in [0, 0.05) is 23.9 Å². The minimum atomic E-state index is -0.327. The first kappa shape index (κ1) is 14.2. The summed E-state index contributed by atoms with van der Waals surface area (Å²) in [6.45, 7) is 3.34. The number of ketones is 1. The van der Waals surface area contributed by atoms with Crippen LogP contribution in [0.15, 0.2) is 24.3 Å². The van der Waals surface area contributed by atoms with Crippen LogP contribution in [0.2, 0.25) is 0 Å². The average molecular weight is 250 g/mol. The highest BCUT2D eigenvalue weighted by molar-refractivity contribution is 5.95. The molecule has 0 aliphatic rings. The third-order valence-corrected chi connectivity index (χ3v) is 2.49. The number of rotatable bonds is 5. The predicted octanol–water partition coefficient (Wildman–Crippen LogP) is 1.78. The van der Waals surface area contributed by atoms with Crippen molar-refractivity contribution in [2.24, 2.45) is 0 Å². The Morgan fingerprint density at radius 1 is 1.28 bits per heavy atom. The lowest BCUT2D eigenvalue weighted by Crippen LogP contribution is -2.36. The van der Waals surface area contributed by atoms with E-state index in [1.54, 1.807) is 24.3 Å². The first-order valence-electron chi connectivity index (χ1n) is 5.82. The van der Waals surface area contributed by atoms with E-state index in [9.17, 15) is 9.59 Å². The van der Waals surface area contributed by atoms with E-state index in [1.165, 1.54) is 6.92 Å². The second-order valence-electron chi connectivity index (χ2n) is 4.15. The second-order valence-corrected chi connectivity index (χ2v) is 4.15. The molecule has 2 amide bonds. The van der Waals surface area contributed by atoms with Crippen LogP contribution < -0.4 is 10.6 Å². The van der Waals surface area contributed by atoms with Gasteiger partial charge in [-0.15, -0.1) is 0 Å². The molecule has 5 heteroatoms. The Kier molecular flexibility index (Phi) is 5.32. The van der Waals surface area contributed by atoms with Crippen LogP contribution in [-0.2, 0) is 0 Å². The van der Waals surface area contributed by atoms with Gasteiger partial charge in [-0.1, -0.05) is 0 Å². The van der Waals surface area contributed by atoms with E-state index in [0.29, 0.717) is 17.7 Å². The zero-order valence-corrected chi connectivity index (χ0v) is 10.6. The molecule has 0 saturated carbocycles. The van der Waals surface area contributed by atoms with Crippen LogP contribution >= 0.6 is 0 Å². The second kappa shape index (κ2) is 6.76. The molecule has 1 aromatic rings. The first-order chi connectivity index (χ1) is 8.52. The fourth-order valence-electron chi connectivity index (χ4n) is 1.45. The fraction of sp³-hybridized carbons (Fsp3) is 0.385. The summed E-state index contributed by atoms with van der Waals surface area (Å²) in [6, 6.07) is 6.25. The Bertz CT molecular complexity index is 415. The van der Waals surface area contributed by atoms with Gasteiger partial charge < -0.3 is 15.7 Å². The van der Waals surface area contributed by atoms with E-state index in [1.807, 2.05) is 6.92 Å². The van der Waals surface area contributed by atoms with Crippen molar-refractivity contribution in [1.82, 2.24) is 5.32 Å². The molecule has 0 aliphatic carbocycles. The third-order valence-electron chi connectivity index (χ3n) is 2.49. The molecule has 0 saturated heterocycles. The Balaban J connectivity index is 2.51. The van der Waals surface area contributed by atoms with Crippen LogP contribution in [0, 0.1) is 0 Å². The number of hydrogen-bond acceptors (Lipinski definition) is 3. The van der Waals surface area contributed by atoms with E-state index in [0.717, 1.165) is 0 Å². The normalized spacial score (nSPS) is 11.7. The monoisotopic (exact) mass is 250 g/mol. The lowest BCUT2D eigenvalue weighted by atomic mass is 10.1. The van der Waals surface area contributed by atoms with Crippen LogP contribution in [0.4, 0.5) is 10.5 Å². The number of aliphatic hydroxyl groups is 1. The lowest BCUT2D eigenvalue weighted by molar-refractivity contribution is 0.101. The highest BCUT2D eigenvalue weighted by Gasteiger charge is 2.07. The zero-order chi connectivity index (χ0) is 13.5. The summed E-state index contributed by atoms with van der Waals surface area (Å²) in [4.78, 5) is 22.6. The number of amides is 2. The average Bonchev–Trinajstić information content (AvgIpc) is 2.29. The molecule has 0 aliphatic heterocycles. The van der Waals surface area contributed by atoms with E-state index in [-0.39, 0.29) is 24.5 Å². The summed E-state index contributed by atoms with van der Waals surface area (Å²) in [5, 5.41) is 14.1. The molecule has 3 N–H and O–H groups in total. The molecule has 0 spiro atoms. The number of benzene rings is 1. The highest BCUT2D eigenvalue weighted by Crippen LogP contribution is 2.09. The Hall–Kier alpha value is -1.88. The quantitative estimate of drug-likeness (QED) is 0.697. The van der Waals surface area contributed by atoms with E-state index in [2.05, 4.69) is 10.6 Å². The maximum absolute atomic E-state index is 11.5. The molecule has 1 atom stereocenters.